The van der Waals surface area contributed by atoms with Crippen LogP contribution in [0.25, 0.3) is 11.3 Å². The molecule has 0 atom stereocenters. The molecular formula is C19H19FN4O. The number of carbonyl (C=O) groups is 1. The van der Waals surface area contributed by atoms with Gasteiger partial charge in [-0.2, -0.15) is 5.10 Å². The highest BCUT2D eigenvalue weighted by molar-refractivity contribution is 5.92. The van der Waals surface area contributed by atoms with Crippen LogP contribution in [-0.4, -0.2) is 38.7 Å². The predicted octanol–water partition coefficient (Wildman–Crippen LogP) is 2.80. The minimum absolute atomic E-state index is 0.0499. The topological polar surface area (TPSA) is 53.9 Å². The lowest BCUT2D eigenvalue weighted by atomic mass is 10.0. The first-order valence-corrected chi connectivity index (χ1v) is 8.36. The number of aryl methyl sites for hydroxylation is 1. The van der Waals surface area contributed by atoms with E-state index in [1.54, 1.807) is 12.1 Å². The molecule has 2 aromatic heterocycles. The van der Waals surface area contributed by atoms with Crippen LogP contribution in [0.1, 0.15) is 21.7 Å². The highest BCUT2D eigenvalue weighted by atomic mass is 19.1. The standard InChI is InChI=1S/C19H19FN4O/c1-23-10-2-3-17(23)19(25)24-11-8-15-16(9-12-24)21-22-18(15)13-4-6-14(20)7-5-13/h2-7,10H,8-9,11-12H2,1H3,(H,21,22). The Morgan fingerprint density at radius 2 is 1.92 bits per heavy atom. The van der Waals surface area contributed by atoms with Crippen molar-refractivity contribution >= 4 is 5.91 Å². The number of aromatic amines is 1. The normalized spacial score (nSPS) is 14.2. The summed E-state index contributed by atoms with van der Waals surface area (Å²) < 4.78 is 15.0. The van der Waals surface area contributed by atoms with Crippen LogP contribution in [0.2, 0.25) is 0 Å². The average molecular weight is 338 g/mol. The van der Waals surface area contributed by atoms with E-state index in [1.807, 2.05) is 34.8 Å². The predicted molar refractivity (Wildman–Crippen MR) is 92.7 cm³/mol. The molecule has 3 heterocycles. The van der Waals surface area contributed by atoms with Gasteiger partial charge in [-0.3, -0.25) is 9.89 Å². The van der Waals surface area contributed by atoms with Crippen LogP contribution in [0.5, 0.6) is 0 Å². The molecule has 1 amide bonds. The first kappa shape index (κ1) is 15.6. The van der Waals surface area contributed by atoms with Crippen LogP contribution < -0.4 is 0 Å². The lowest BCUT2D eigenvalue weighted by Crippen LogP contribution is -2.34. The van der Waals surface area contributed by atoms with Gasteiger partial charge in [0.25, 0.3) is 5.91 Å². The summed E-state index contributed by atoms with van der Waals surface area (Å²) in [5.74, 6) is -0.210. The van der Waals surface area contributed by atoms with E-state index in [0.29, 0.717) is 18.8 Å². The van der Waals surface area contributed by atoms with Gasteiger partial charge < -0.3 is 9.47 Å². The van der Waals surface area contributed by atoms with Gasteiger partial charge in [-0.1, -0.05) is 0 Å². The zero-order chi connectivity index (χ0) is 17.4. The first-order valence-electron chi connectivity index (χ1n) is 8.36. The van der Waals surface area contributed by atoms with Gasteiger partial charge in [0.15, 0.2) is 0 Å². The van der Waals surface area contributed by atoms with Crippen LogP contribution in [-0.2, 0) is 19.9 Å². The van der Waals surface area contributed by atoms with E-state index in [0.717, 1.165) is 35.4 Å². The third-order valence-corrected chi connectivity index (χ3v) is 4.78. The van der Waals surface area contributed by atoms with Crippen LogP contribution >= 0.6 is 0 Å². The Morgan fingerprint density at radius 3 is 2.64 bits per heavy atom. The molecule has 1 aromatic carbocycles. The van der Waals surface area contributed by atoms with Gasteiger partial charge >= 0.3 is 0 Å². The molecular weight excluding hydrogens is 319 g/mol. The highest BCUT2D eigenvalue weighted by Crippen LogP contribution is 2.27. The number of carbonyl (C=O) groups excluding carboxylic acids is 1. The Kier molecular flexibility index (Phi) is 3.87. The number of nitrogens with one attached hydrogen (secondary N) is 1. The van der Waals surface area contributed by atoms with Crippen molar-refractivity contribution < 1.29 is 9.18 Å². The molecule has 0 radical (unpaired) electrons. The van der Waals surface area contributed by atoms with E-state index in [9.17, 15) is 9.18 Å². The van der Waals surface area contributed by atoms with E-state index in [1.165, 1.54) is 12.1 Å². The van der Waals surface area contributed by atoms with Gasteiger partial charge in [0, 0.05) is 49.6 Å². The molecule has 0 unspecified atom stereocenters. The third kappa shape index (κ3) is 2.84. The monoisotopic (exact) mass is 338 g/mol. The lowest BCUT2D eigenvalue weighted by molar-refractivity contribution is 0.0753. The Bertz CT molecular complexity index is 910. The number of amides is 1. The number of H-pyrrole nitrogens is 1. The van der Waals surface area contributed by atoms with Gasteiger partial charge in [-0.25, -0.2) is 4.39 Å². The summed E-state index contributed by atoms with van der Waals surface area (Å²) in [6.45, 7) is 1.30. The van der Waals surface area contributed by atoms with E-state index in [-0.39, 0.29) is 11.7 Å². The largest absolute Gasteiger partial charge is 0.347 e. The minimum atomic E-state index is -0.260. The summed E-state index contributed by atoms with van der Waals surface area (Å²) in [6.07, 6.45) is 3.35. The quantitative estimate of drug-likeness (QED) is 0.781. The zero-order valence-electron chi connectivity index (χ0n) is 14.0. The van der Waals surface area contributed by atoms with Crippen LogP contribution in [0.3, 0.4) is 0 Å². The lowest BCUT2D eigenvalue weighted by Gasteiger charge is -2.20. The molecule has 5 nitrogen and oxygen atoms in total. The zero-order valence-corrected chi connectivity index (χ0v) is 14.0. The van der Waals surface area contributed by atoms with Crippen molar-refractivity contribution in [3.63, 3.8) is 0 Å². The maximum absolute atomic E-state index is 13.2. The van der Waals surface area contributed by atoms with Crippen molar-refractivity contribution in [3.05, 3.63) is 65.4 Å². The molecule has 0 bridgehead atoms. The Hall–Kier alpha value is -2.89. The summed E-state index contributed by atoms with van der Waals surface area (Å²) in [5, 5.41) is 7.52. The smallest absolute Gasteiger partial charge is 0.270 e. The van der Waals surface area contributed by atoms with Gasteiger partial charge in [0.2, 0.25) is 0 Å². The van der Waals surface area contributed by atoms with Gasteiger partial charge in [0.05, 0.1) is 5.69 Å². The summed E-state index contributed by atoms with van der Waals surface area (Å²) in [4.78, 5) is 14.6. The SMILES string of the molecule is Cn1cccc1C(=O)N1CCc2[nH]nc(-c3ccc(F)cc3)c2CC1. The Morgan fingerprint density at radius 1 is 1.16 bits per heavy atom. The number of halogens is 1. The number of aromatic nitrogens is 3. The van der Waals surface area contributed by atoms with Crippen molar-refractivity contribution in [2.75, 3.05) is 13.1 Å². The molecule has 1 N–H and O–H groups in total. The molecule has 6 heteroatoms. The van der Waals surface area contributed by atoms with E-state index in [4.69, 9.17) is 0 Å². The number of nitrogens with zero attached hydrogens (tertiary/aromatic N) is 3. The molecule has 25 heavy (non-hydrogen) atoms. The summed E-state index contributed by atoms with van der Waals surface area (Å²) in [6, 6.07) is 10.1. The van der Waals surface area contributed by atoms with Gasteiger partial charge in [-0.15, -0.1) is 0 Å². The summed E-state index contributed by atoms with van der Waals surface area (Å²) in [7, 11) is 1.88. The van der Waals surface area contributed by atoms with Crippen LogP contribution in [0.4, 0.5) is 4.39 Å². The molecule has 0 aliphatic carbocycles. The maximum atomic E-state index is 13.2. The Labute approximate surface area is 145 Å². The van der Waals surface area contributed by atoms with Crippen molar-refractivity contribution in [3.8, 4) is 11.3 Å². The van der Waals surface area contributed by atoms with E-state index >= 15 is 0 Å². The molecule has 0 fully saturated rings. The van der Waals surface area contributed by atoms with Crippen LogP contribution in [0.15, 0.2) is 42.6 Å². The molecule has 0 spiro atoms. The molecule has 4 rings (SSSR count). The van der Waals surface area contributed by atoms with Crippen molar-refractivity contribution in [1.82, 2.24) is 19.7 Å². The molecule has 1 aliphatic rings. The average Bonchev–Trinajstić information content (AvgIpc) is 3.16. The number of hydrogen-bond donors (Lipinski definition) is 1. The molecule has 0 saturated carbocycles. The fraction of sp³-hybridized carbons (Fsp3) is 0.263. The van der Waals surface area contributed by atoms with Gasteiger partial charge in [-0.05, 0) is 42.8 Å². The van der Waals surface area contributed by atoms with Crippen molar-refractivity contribution in [2.24, 2.45) is 7.05 Å². The third-order valence-electron chi connectivity index (χ3n) is 4.78. The van der Waals surface area contributed by atoms with Crippen molar-refractivity contribution in [1.29, 1.82) is 0 Å². The minimum Gasteiger partial charge on any atom is -0.347 e. The second-order valence-corrected chi connectivity index (χ2v) is 6.33. The molecule has 0 saturated heterocycles. The number of rotatable bonds is 2. The van der Waals surface area contributed by atoms with Gasteiger partial charge in [0.1, 0.15) is 11.5 Å². The van der Waals surface area contributed by atoms with Crippen LogP contribution in [0, 0.1) is 5.82 Å². The second-order valence-electron chi connectivity index (χ2n) is 6.33. The summed E-state index contributed by atoms with van der Waals surface area (Å²) >= 11 is 0. The first-order chi connectivity index (χ1) is 12.1. The fourth-order valence-electron chi connectivity index (χ4n) is 3.38. The van der Waals surface area contributed by atoms with Crippen molar-refractivity contribution in [2.45, 2.75) is 12.8 Å². The maximum Gasteiger partial charge on any atom is 0.270 e. The molecule has 128 valence electrons. The Balaban J connectivity index is 1.58. The summed E-state index contributed by atoms with van der Waals surface area (Å²) in [5.41, 5.74) is 4.61. The van der Waals surface area contributed by atoms with E-state index in [2.05, 4.69) is 10.2 Å². The fourth-order valence-corrected chi connectivity index (χ4v) is 3.38. The molecule has 1 aliphatic heterocycles. The van der Waals surface area contributed by atoms with E-state index < -0.39 is 0 Å². The highest BCUT2D eigenvalue weighted by Gasteiger charge is 2.24. The number of benzene rings is 1. The number of hydrogen-bond acceptors (Lipinski definition) is 2. The second kappa shape index (κ2) is 6.20. The number of fused-ring (bicyclic) bond motifs is 1. The molecule has 3 aromatic rings.